The Balaban J connectivity index is 2.23. The number of esters is 1. The van der Waals surface area contributed by atoms with Crippen LogP contribution in [-0.2, 0) is 14.3 Å². The van der Waals surface area contributed by atoms with Crippen LogP contribution in [0.25, 0.3) is 0 Å². The molecule has 7 heteroatoms. The zero-order valence-electron chi connectivity index (χ0n) is 10.6. The van der Waals surface area contributed by atoms with Crippen LogP contribution in [0, 0.1) is 5.92 Å². The fourth-order valence-corrected chi connectivity index (χ4v) is 2.24. The van der Waals surface area contributed by atoms with E-state index in [9.17, 15) is 9.59 Å². The number of hydrogen-bond acceptors (Lipinski definition) is 5. The third kappa shape index (κ3) is 2.63. The Morgan fingerprint density at radius 3 is 2.79 bits per heavy atom. The molecule has 2 rings (SSSR count). The van der Waals surface area contributed by atoms with Crippen LogP contribution in [0.15, 0.2) is 12.1 Å². The lowest BCUT2D eigenvalue weighted by Gasteiger charge is -2.17. The zero-order valence-corrected chi connectivity index (χ0v) is 11.3. The molecule has 0 saturated carbocycles. The Kier molecular flexibility index (Phi) is 3.90. The molecule has 0 bridgehead atoms. The largest absolute Gasteiger partial charge is 0.481 e. The van der Waals surface area contributed by atoms with Crippen LogP contribution in [-0.4, -0.2) is 37.6 Å². The third-order valence-corrected chi connectivity index (χ3v) is 3.24. The lowest BCUT2D eigenvalue weighted by molar-refractivity contribution is -0.145. The molecule has 1 unspecified atom stereocenters. The molecular formula is C12H13ClN2O4. The SMILES string of the molecule is COC(=O)C1CC(=O)N(c2ccc(OC)nc2Cl)C1. The van der Waals surface area contributed by atoms with Crippen molar-refractivity contribution in [2.75, 3.05) is 25.7 Å². The number of nitrogens with zero attached hydrogens (tertiary/aromatic N) is 2. The minimum Gasteiger partial charge on any atom is -0.481 e. The molecule has 0 radical (unpaired) electrons. The van der Waals surface area contributed by atoms with E-state index in [1.165, 1.54) is 19.1 Å². The van der Waals surface area contributed by atoms with Gasteiger partial charge in [0.05, 0.1) is 25.8 Å². The van der Waals surface area contributed by atoms with Crippen molar-refractivity contribution in [3.8, 4) is 5.88 Å². The molecule has 0 spiro atoms. The Hall–Kier alpha value is -1.82. The van der Waals surface area contributed by atoms with E-state index in [-0.39, 0.29) is 24.0 Å². The van der Waals surface area contributed by atoms with Crippen LogP contribution in [0.2, 0.25) is 5.15 Å². The molecule has 1 aromatic rings. The first-order valence-corrected chi connectivity index (χ1v) is 6.03. The molecular weight excluding hydrogens is 272 g/mol. The van der Waals surface area contributed by atoms with Gasteiger partial charge in [0.1, 0.15) is 0 Å². The molecule has 0 N–H and O–H groups in total. The molecule has 1 atom stereocenters. The summed E-state index contributed by atoms with van der Waals surface area (Å²) in [6, 6.07) is 3.26. The van der Waals surface area contributed by atoms with Gasteiger partial charge in [0.15, 0.2) is 5.15 Å². The fourth-order valence-electron chi connectivity index (χ4n) is 1.99. The minimum atomic E-state index is -0.462. The molecule has 1 saturated heterocycles. The molecule has 102 valence electrons. The van der Waals surface area contributed by atoms with Crippen molar-refractivity contribution in [1.29, 1.82) is 0 Å². The Morgan fingerprint density at radius 1 is 1.47 bits per heavy atom. The lowest BCUT2D eigenvalue weighted by Crippen LogP contribution is -2.26. The second-order valence-electron chi connectivity index (χ2n) is 4.09. The monoisotopic (exact) mass is 284 g/mol. The summed E-state index contributed by atoms with van der Waals surface area (Å²) in [5.41, 5.74) is 0.471. The maximum atomic E-state index is 11.9. The van der Waals surface area contributed by atoms with Crippen LogP contribution in [0.1, 0.15) is 6.42 Å². The Bertz CT molecular complexity index is 520. The van der Waals surface area contributed by atoms with Gasteiger partial charge in [0.25, 0.3) is 0 Å². The van der Waals surface area contributed by atoms with Crippen molar-refractivity contribution >= 4 is 29.2 Å². The molecule has 1 aliphatic heterocycles. The predicted molar refractivity (Wildman–Crippen MR) is 68.3 cm³/mol. The summed E-state index contributed by atoms with van der Waals surface area (Å²) in [5.74, 6) is -0.668. The van der Waals surface area contributed by atoms with Gasteiger partial charge >= 0.3 is 5.97 Å². The van der Waals surface area contributed by atoms with Crippen LogP contribution in [0.3, 0.4) is 0 Å². The molecule has 1 amide bonds. The first-order chi connectivity index (χ1) is 9.06. The second-order valence-corrected chi connectivity index (χ2v) is 4.45. The van der Waals surface area contributed by atoms with E-state index in [1.807, 2.05) is 0 Å². The lowest BCUT2D eigenvalue weighted by atomic mass is 10.1. The summed E-state index contributed by atoms with van der Waals surface area (Å²) < 4.78 is 9.59. The summed E-state index contributed by atoms with van der Waals surface area (Å²) in [4.78, 5) is 28.8. The molecule has 1 fully saturated rings. The highest BCUT2D eigenvalue weighted by Crippen LogP contribution is 2.31. The number of pyridine rings is 1. The molecule has 1 aromatic heterocycles. The molecule has 19 heavy (non-hydrogen) atoms. The number of carbonyl (C=O) groups excluding carboxylic acids is 2. The summed E-state index contributed by atoms with van der Waals surface area (Å²) in [6.07, 6.45) is 0.120. The third-order valence-electron chi connectivity index (χ3n) is 2.96. The topological polar surface area (TPSA) is 68.7 Å². The number of methoxy groups -OCH3 is 2. The van der Waals surface area contributed by atoms with Gasteiger partial charge in [-0.1, -0.05) is 11.6 Å². The molecule has 2 heterocycles. The number of amides is 1. The van der Waals surface area contributed by atoms with Crippen LogP contribution >= 0.6 is 11.6 Å². The number of carbonyl (C=O) groups is 2. The van der Waals surface area contributed by atoms with Crippen molar-refractivity contribution in [3.05, 3.63) is 17.3 Å². The summed E-state index contributed by atoms with van der Waals surface area (Å²) in [5, 5.41) is 0.165. The Morgan fingerprint density at radius 2 is 2.21 bits per heavy atom. The van der Waals surface area contributed by atoms with Gasteiger partial charge in [-0.05, 0) is 6.07 Å². The predicted octanol–water partition coefficient (Wildman–Crippen LogP) is 1.27. The van der Waals surface area contributed by atoms with E-state index < -0.39 is 11.9 Å². The smallest absolute Gasteiger partial charge is 0.311 e. The van der Waals surface area contributed by atoms with Crippen molar-refractivity contribution in [2.24, 2.45) is 5.92 Å². The summed E-state index contributed by atoms with van der Waals surface area (Å²) in [6.45, 7) is 0.249. The van der Waals surface area contributed by atoms with E-state index in [2.05, 4.69) is 9.72 Å². The number of anilines is 1. The molecule has 0 aliphatic carbocycles. The van der Waals surface area contributed by atoms with Gasteiger partial charge in [-0.3, -0.25) is 9.59 Å². The summed E-state index contributed by atoms with van der Waals surface area (Å²) in [7, 11) is 2.78. The average molecular weight is 285 g/mol. The van der Waals surface area contributed by atoms with Gasteiger partial charge in [0.2, 0.25) is 11.8 Å². The Labute approximate surface area is 115 Å². The van der Waals surface area contributed by atoms with Crippen molar-refractivity contribution < 1.29 is 19.1 Å². The van der Waals surface area contributed by atoms with E-state index in [4.69, 9.17) is 16.3 Å². The van der Waals surface area contributed by atoms with Crippen LogP contribution in [0.5, 0.6) is 5.88 Å². The normalized spacial score (nSPS) is 18.6. The standard InChI is InChI=1S/C12H13ClN2O4/c1-18-9-4-3-8(11(13)14-9)15-6-7(5-10(15)16)12(17)19-2/h3-4,7H,5-6H2,1-2H3. The quantitative estimate of drug-likeness (QED) is 0.617. The number of hydrogen-bond donors (Lipinski definition) is 0. The van der Waals surface area contributed by atoms with Gasteiger partial charge in [-0.25, -0.2) is 0 Å². The zero-order chi connectivity index (χ0) is 14.0. The van der Waals surface area contributed by atoms with E-state index in [0.29, 0.717) is 11.6 Å². The number of halogens is 1. The molecule has 0 aromatic carbocycles. The van der Waals surface area contributed by atoms with E-state index >= 15 is 0 Å². The fraction of sp³-hybridized carbons (Fsp3) is 0.417. The van der Waals surface area contributed by atoms with Crippen LogP contribution < -0.4 is 9.64 Å². The van der Waals surface area contributed by atoms with Gasteiger partial charge in [-0.2, -0.15) is 4.98 Å². The van der Waals surface area contributed by atoms with Gasteiger partial charge < -0.3 is 14.4 Å². The second kappa shape index (κ2) is 5.44. The summed E-state index contributed by atoms with van der Waals surface area (Å²) >= 11 is 6.01. The van der Waals surface area contributed by atoms with Crippen molar-refractivity contribution in [1.82, 2.24) is 4.98 Å². The first kappa shape index (κ1) is 13.6. The van der Waals surface area contributed by atoms with Gasteiger partial charge in [-0.15, -0.1) is 0 Å². The molecule has 1 aliphatic rings. The molecule has 6 nitrogen and oxygen atoms in total. The number of aromatic nitrogens is 1. The highest BCUT2D eigenvalue weighted by Gasteiger charge is 2.36. The van der Waals surface area contributed by atoms with Gasteiger partial charge in [0, 0.05) is 19.0 Å². The van der Waals surface area contributed by atoms with Crippen molar-refractivity contribution in [3.63, 3.8) is 0 Å². The highest BCUT2D eigenvalue weighted by molar-refractivity contribution is 6.32. The number of ether oxygens (including phenoxy) is 2. The first-order valence-electron chi connectivity index (χ1n) is 5.65. The van der Waals surface area contributed by atoms with E-state index in [1.54, 1.807) is 12.1 Å². The maximum Gasteiger partial charge on any atom is 0.311 e. The number of rotatable bonds is 3. The van der Waals surface area contributed by atoms with Crippen molar-refractivity contribution in [2.45, 2.75) is 6.42 Å². The van der Waals surface area contributed by atoms with Crippen LogP contribution in [0.4, 0.5) is 5.69 Å². The average Bonchev–Trinajstić information content (AvgIpc) is 2.79. The van der Waals surface area contributed by atoms with E-state index in [0.717, 1.165) is 0 Å². The maximum absolute atomic E-state index is 11.9. The highest BCUT2D eigenvalue weighted by atomic mass is 35.5. The minimum absolute atomic E-state index is 0.120.